The summed E-state index contributed by atoms with van der Waals surface area (Å²) in [6.07, 6.45) is -6.84. The van der Waals surface area contributed by atoms with Crippen molar-refractivity contribution in [2.45, 2.75) is 138 Å². The number of carbonyl (C=O) groups excluding carboxylic acids is 8. The monoisotopic (exact) mass is 1750 g/mol. The number of Topliss-reactive ketones (excluding diaryl/α,β-unsaturated/α-hetero) is 3. The van der Waals surface area contributed by atoms with Crippen LogP contribution in [0.1, 0.15) is 120 Å². The van der Waals surface area contributed by atoms with Crippen LogP contribution >= 0.6 is 0 Å². The maximum atomic E-state index is 13.3. The van der Waals surface area contributed by atoms with Gasteiger partial charge in [0, 0.05) is 115 Å². The number of pyridine rings is 7. The number of nitrogens with zero attached hydrogens (tertiary/aromatic N) is 16. The van der Waals surface area contributed by atoms with Crippen LogP contribution in [0.4, 0.5) is 128 Å². The minimum absolute atomic E-state index is 0.00580. The van der Waals surface area contributed by atoms with Gasteiger partial charge in [-0.1, -0.05) is 24.2 Å². The molecule has 1 saturated carbocycles. The Labute approximate surface area is 706 Å². The highest BCUT2D eigenvalue weighted by Gasteiger charge is 2.48. The Morgan fingerprint density at radius 2 is 0.920 bits per heavy atom. The first-order valence-electron chi connectivity index (χ1n) is 40.3. The molecule has 8 atom stereocenters. The molecule has 0 spiro atoms. The number of ether oxygens (including phenoxy) is 1. The van der Waals surface area contributed by atoms with Crippen LogP contribution in [0.5, 0.6) is 5.75 Å². The fraction of sp³-hybridized carbons (Fsp3) is 0.432. The number of fused-ring (bicyclic) bond motifs is 16. The van der Waals surface area contributed by atoms with E-state index in [1.54, 1.807) is 83.9 Å². The minimum atomic E-state index is -4.61. The summed E-state index contributed by atoms with van der Waals surface area (Å²) < 4.78 is 126. The number of carbonyl (C=O) groups is 8. The van der Waals surface area contributed by atoms with Gasteiger partial charge in [-0.2, -0.15) is 39.5 Å². The van der Waals surface area contributed by atoms with Crippen LogP contribution in [0, 0.1) is 11.8 Å². The highest BCUT2D eigenvalue weighted by atomic mass is 19.4. The number of ketones is 3. The molecule has 17 rings (SSSR count). The van der Waals surface area contributed by atoms with Crippen molar-refractivity contribution in [3.05, 3.63) is 151 Å². The van der Waals surface area contributed by atoms with Crippen molar-refractivity contribution < 1.29 is 102 Å². The summed E-state index contributed by atoms with van der Waals surface area (Å²) >= 11 is 0. The molecule has 8 aliphatic heterocycles. The van der Waals surface area contributed by atoms with Gasteiger partial charge in [0.05, 0.1) is 65.4 Å². The van der Waals surface area contributed by atoms with Crippen molar-refractivity contribution in [2.75, 3.05) is 133 Å². The Balaban J connectivity index is 0.000000136. The Kier molecular flexibility index (Phi) is 26.6. The van der Waals surface area contributed by atoms with Gasteiger partial charge in [-0.05, 0) is 130 Å². The zero-order chi connectivity index (χ0) is 88.8. The quantitative estimate of drug-likeness (QED) is 0.0225. The van der Waals surface area contributed by atoms with E-state index in [4.69, 9.17) is 25.2 Å². The molecule has 125 heavy (non-hydrogen) atoms. The van der Waals surface area contributed by atoms with Gasteiger partial charge in [0.25, 0.3) is 5.91 Å². The predicted octanol–water partition coefficient (Wildman–Crippen LogP) is 10.4. The Morgan fingerprint density at radius 1 is 0.496 bits per heavy atom. The number of alkyl halides is 9. The molecule has 0 radical (unpaired) electrons. The lowest BCUT2D eigenvalue weighted by atomic mass is 9.97. The normalized spacial score (nSPS) is 18.9. The van der Waals surface area contributed by atoms with Crippen molar-refractivity contribution in [1.82, 2.24) is 45.4 Å². The second-order valence-electron chi connectivity index (χ2n) is 31.1. The Hall–Kier alpha value is -13.0. The molecule has 10 N–H and O–H groups in total. The third-order valence-corrected chi connectivity index (χ3v) is 22.3. The number of nitrogens with one attached hydrogen (secondary N) is 5. The van der Waals surface area contributed by atoms with E-state index in [1.807, 2.05) is 15.9 Å². The molecule has 4 saturated heterocycles. The largest absolute Gasteiger partial charge is 0.491 e. The van der Waals surface area contributed by atoms with E-state index < -0.39 is 123 Å². The molecule has 662 valence electrons. The van der Waals surface area contributed by atoms with E-state index in [9.17, 15) is 83.0 Å². The lowest BCUT2D eigenvalue weighted by Gasteiger charge is -2.35. The maximum absolute atomic E-state index is 13.3. The number of halogens is 9. The molecule has 8 aromatic rings. The summed E-state index contributed by atoms with van der Waals surface area (Å²) in [4.78, 5) is 146. The van der Waals surface area contributed by atoms with Gasteiger partial charge >= 0.3 is 42.7 Å². The van der Waals surface area contributed by atoms with Gasteiger partial charge in [-0.25, -0.2) is 54.1 Å². The topological polar surface area (TPSA) is 435 Å². The van der Waals surface area contributed by atoms with Crippen LogP contribution in [0.25, 0.3) is 0 Å². The van der Waals surface area contributed by atoms with Crippen LogP contribution in [0.2, 0.25) is 0 Å². The number of hydrogen-bond acceptors (Lipinski definition) is 26. The summed E-state index contributed by atoms with van der Waals surface area (Å²) in [5.41, 5.74) is 7.99. The fourth-order valence-corrected chi connectivity index (χ4v) is 15.6. The number of anilines is 12. The minimum Gasteiger partial charge on any atom is -0.491 e. The molecule has 8 bridgehead atoms. The summed E-state index contributed by atoms with van der Waals surface area (Å²) in [6, 6.07) is 23.4. The van der Waals surface area contributed by atoms with Crippen molar-refractivity contribution >= 4 is 117 Å². The smallest absolute Gasteiger partial charge is 0.403 e. The molecule has 44 heteroatoms. The van der Waals surface area contributed by atoms with Gasteiger partial charge < -0.3 is 55.2 Å². The maximum Gasteiger partial charge on any atom is 0.403 e. The molecule has 16 heterocycles. The summed E-state index contributed by atoms with van der Waals surface area (Å²) in [7, 11) is 0. The van der Waals surface area contributed by atoms with E-state index in [0.717, 1.165) is 51.4 Å². The summed E-state index contributed by atoms with van der Waals surface area (Å²) in [6.45, 7) is 5.31. The van der Waals surface area contributed by atoms with Crippen molar-refractivity contribution in [2.24, 2.45) is 17.6 Å². The van der Waals surface area contributed by atoms with Crippen LogP contribution in [0.15, 0.2) is 133 Å². The molecule has 0 unspecified atom stereocenters. The number of aromatic nitrogens is 8. The van der Waals surface area contributed by atoms with Crippen molar-refractivity contribution in [3.63, 3.8) is 0 Å². The fourth-order valence-electron chi connectivity index (χ4n) is 15.6. The first kappa shape index (κ1) is 88.3. The molecule has 5 fully saturated rings. The van der Waals surface area contributed by atoms with Gasteiger partial charge in [-0.3, -0.25) is 60.0 Å². The number of amides is 9. The molecule has 9 amide bonds. The van der Waals surface area contributed by atoms with E-state index in [2.05, 4.69) is 76.4 Å². The van der Waals surface area contributed by atoms with Crippen LogP contribution < -0.4 is 76.3 Å². The average molecular weight is 1750 g/mol. The first-order chi connectivity index (χ1) is 59.8. The Morgan fingerprint density at radius 3 is 1.32 bits per heavy atom. The molecule has 8 aromatic heterocycles. The SMILES string of the molecule is C[C@@H](CC(=O)c1ccc2c(n1)N(C(=O)Nc1ccon1)[C@H]1CCN2C1)C(F)(F)F.N[C@@H](CCC(=O)c1ccc2c(n1)N(C(=O)Nc1ccccn1)[C@H]1CCN2C1)C(F)(F)F.O=C(C[C@@H](CCO)C(F)(F)F)c1ccc2c(n1)N(C(=O)Nc1ccccn1)[C@H]1CCN2C1.O=C(NC1CC1)c1ccc2c(n1)N(C(=O)Nc1cc(OC[C@@H](O)CO)ccn1)[C@H]1CCN2C1. The molecule has 9 aliphatic rings. The third kappa shape index (κ3) is 20.8. The van der Waals surface area contributed by atoms with Crippen LogP contribution in [-0.4, -0.2) is 236 Å². The third-order valence-electron chi connectivity index (χ3n) is 22.3. The lowest BCUT2D eigenvalue weighted by molar-refractivity contribution is -0.177. The van der Waals surface area contributed by atoms with E-state index >= 15 is 0 Å². The highest BCUT2D eigenvalue weighted by Crippen LogP contribution is 2.45. The van der Waals surface area contributed by atoms with Crippen molar-refractivity contribution in [3.8, 4) is 5.75 Å². The van der Waals surface area contributed by atoms with E-state index in [-0.39, 0.29) is 95.2 Å². The Bertz CT molecular complexity index is 5260. The second kappa shape index (κ2) is 37.6. The molecule has 35 nitrogen and oxygen atoms in total. The molecular weight excluding hydrogens is 1660 g/mol. The average Bonchev–Trinajstić information content (AvgIpc) is 1.66. The lowest BCUT2D eigenvalue weighted by Crippen LogP contribution is -2.48. The molecular formula is C81H87F9N22O13. The number of rotatable bonds is 22. The summed E-state index contributed by atoms with van der Waals surface area (Å²) in [5.74, 6) is -3.13. The van der Waals surface area contributed by atoms with Crippen molar-refractivity contribution in [1.29, 1.82) is 0 Å². The zero-order valence-electron chi connectivity index (χ0n) is 66.9. The molecule has 1 aliphatic carbocycles. The zero-order valence-corrected chi connectivity index (χ0v) is 66.9. The highest BCUT2D eigenvalue weighted by molar-refractivity contribution is 6.09. The van der Waals surface area contributed by atoms with Gasteiger partial charge in [-0.15, -0.1) is 0 Å². The van der Waals surface area contributed by atoms with E-state index in [0.29, 0.717) is 98.2 Å². The number of aliphatic hydroxyl groups excluding tert-OH is 3. The number of aliphatic hydroxyl groups is 3. The number of hydrogen-bond donors (Lipinski definition) is 9. The van der Waals surface area contributed by atoms with E-state index in [1.165, 1.54) is 57.6 Å². The van der Waals surface area contributed by atoms with Gasteiger partial charge in [0.15, 0.2) is 46.4 Å². The van der Waals surface area contributed by atoms with Gasteiger partial charge in [0.1, 0.15) is 71.0 Å². The second-order valence-corrected chi connectivity index (χ2v) is 31.1. The predicted molar refractivity (Wildman–Crippen MR) is 436 cm³/mol. The van der Waals surface area contributed by atoms with Crippen LogP contribution in [0.3, 0.4) is 0 Å². The number of nitrogens with two attached hydrogens (primary N) is 1. The first-order valence-corrected chi connectivity index (χ1v) is 40.3. The van der Waals surface area contributed by atoms with Gasteiger partial charge in [0.2, 0.25) is 0 Å². The summed E-state index contributed by atoms with van der Waals surface area (Å²) in [5, 5.41) is 44.7. The van der Waals surface area contributed by atoms with Crippen LogP contribution in [-0.2, 0) is 0 Å². The molecule has 0 aromatic carbocycles. The number of urea groups is 4. The standard InChI is InChI=1S/C22H26N6O5.C21H22F3N5O3.C20H21F3N6O2.C18H18F3N5O3/c29-11-15(30)12-33-16-5-7-23-19(9-16)26-22(32)28-14-6-8-27(10-14)18-4-3-17(25-20(18)28)21(31)24-13-1-2-13;22-21(23,24)13(7-10-30)11-17(31)15-4-5-16-19(26-15)29(14-6-9-28(16)12-14)20(32)27-18-3-1-2-8-25-18;21-20(22,23)16(24)7-6-15(30)13-4-5-14-18(26-13)29(12-8-10-28(14)11-12)19(31)27-17-3-1-2-9-25-17;1-10(18(19,20)21)8-14(27)12-2-3-13-16(22-12)26(11-4-6-25(13)9-11)17(28)23-15-5-7-29-24-15/h3-5,7,9,13-15,29-30H,1-2,6,8,10-12H2,(H,24,31)(H,23,26,32);1-5,8,13-14,30H,6-7,9-12H2,(H,25,27,32);1-5,9,12,16H,6-8,10-11,24H2,(H,25,27,31);2-3,5,7,10-11H,4,6,8-9H2,1H3,(H,23,24,28)/t14-,15-;13-,14+;12-,16-;10-,11-/m0100/s1.